The molecule has 3 rings (SSSR count). The highest BCUT2D eigenvalue weighted by molar-refractivity contribution is 5.97. The second-order valence-corrected chi connectivity index (χ2v) is 6.00. The van der Waals surface area contributed by atoms with Crippen molar-refractivity contribution in [3.05, 3.63) is 65.9 Å². The highest BCUT2D eigenvalue weighted by atomic mass is 16.5. The maximum atomic E-state index is 12.4. The molecule has 0 aliphatic rings. The summed E-state index contributed by atoms with van der Waals surface area (Å²) < 4.78 is 10.9. The molecule has 1 N–H and O–H groups in total. The van der Waals surface area contributed by atoms with Crippen molar-refractivity contribution in [3.63, 3.8) is 0 Å². The number of amides is 1. The summed E-state index contributed by atoms with van der Waals surface area (Å²) in [6.07, 6.45) is 6.68. The summed E-state index contributed by atoms with van der Waals surface area (Å²) in [6.45, 7) is 1.66. The maximum Gasteiger partial charge on any atom is 0.339 e. The first-order chi connectivity index (χ1) is 13.6. The number of benzene rings is 2. The standard InChI is InChI=1S/C22H18N2O4/c1-3-12-23-20(25)14-27-22(26)18-7-5-4-6-17(18)21-24-13-19(28-21)16-10-8-15(2)9-11-16/h1,4-11,13H,12,14H2,2H3,(H,23,25). The van der Waals surface area contributed by atoms with Crippen molar-refractivity contribution in [1.29, 1.82) is 0 Å². The number of nitrogens with zero attached hydrogens (tertiary/aromatic N) is 1. The number of carbonyl (C=O) groups is 2. The zero-order chi connectivity index (χ0) is 19.9. The third-order valence-electron chi connectivity index (χ3n) is 3.94. The first-order valence-electron chi connectivity index (χ1n) is 8.58. The van der Waals surface area contributed by atoms with Crippen LogP contribution in [-0.4, -0.2) is 30.0 Å². The lowest BCUT2D eigenvalue weighted by Crippen LogP contribution is -2.29. The summed E-state index contributed by atoms with van der Waals surface area (Å²) in [6, 6.07) is 14.6. The van der Waals surface area contributed by atoms with Crippen molar-refractivity contribution in [3.8, 4) is 35.1 Å². The average Bonchev–Trinajstić information content (AvgIpc) is 3.21. The molecule has 28 heavy (non-hydrogen) atoms. The third-order valence-corrected chi connectivity index (χ3v) is 3.94. The van der Waals surface area contributed by atoms with Crippen LogP contribution < -0.4 is 5.32 Å². The summed E-state index contributed by atoms with van der Waals surface area (Å²) >= 11 is 0. The van der Waals surface area contributed by atoms with E-state index in [0.29, 0.717) is 17.2 Å². The number of hydrogen-bond acceptors (Lipinski definition) is 5. The van der Waals surface area contributed by atoms with Gasteiger partial charge in [-0.2, -0.15) is 0 Å². The predicted molar refractivity (Wildman–Crippen MR) is 104 cm³/mol. The normalized spacial score (nSPS) is 10.1. The van der Waals surface area contributed by atoms with E-state index in [1.165, 1.54) is 0 Å². The summed E-state index contributed by atoms with van der Waals surface area (Å²) in [5, 5.41) is 2.43. The van der Waals surface area contributed by atoms with Crippen molar-refractivity contribution in [1.82, 2.24) is 10.3 Å². The van der Waals surface area contributed by atoms with E-state index in [0.717, 1.165) is 11.1 Å². The Balaban J connectivity index is 1.79. The molecule has 0 spiro atoms. The summed E-state index contributed by atoms with van der Waals surface area (Å²) in [5.74, 6) is 2.03. The molecule has 0 saturated carbocycles. The van der Waals surface area contributed by atoms with Crippen LogP contribution in [0.15, 0.2) is 59.1 Å². The van der Waals surface area contributed by atoms with Gasteiger partial charge in [0.25, 0.3) is 5.91 Å². The zero-order valence-electron chi connectivity index (χ0n) is 15.3. The Hall–Kier alpha value is -3.85. The highest BCUT2D eigenvalue weighted by Gasteiger charge is 2.18. The molecule has 0 fully saturated rings. The van der Waals surface area contributed by atoms with Crippen molar-refractivity contribution < 1.29 is 18.7 Å². The number of oxazole rings is 1. The van der Waals surface area contributed by atoms with Gasteiger partial charge in [-0.15, -0.1) is 6.42 Å². The van der Waals surface area contributed by atoms with Crippen LogP contribution in [0.1, 0.15) is 15.9 Å². The monoisotopic (exact) mass is 374 g/mol. The van der Waals surface area contributed by atoms with E-state index < -0.39 is 18.5 Å². The van der Waals surface area contributed by atoms with E-state index in [-0.39, 0.29) is 12.1 Å². The van der Waals surface area contributed by atoms with Gasteiger partial charge in [0.15, 0.2) is 12.4 Å². The van der Waals surface area contributed by atoms with E-state index in [2.05, 4.69) is 16.2 Å². The Kier molecular flexibility index (Phi) is 5.87. The number of aryl methyl sites for hydroxylation is 1. The van der Waals surface area contributed by atoms with Gasteiger partial charge >= 0.3 is 5.97 Å². The number of rotatable bonds is 6. The fraction of sp³-hybridized carbons (Fsp3) is 0.136. The molecular formula is C22H18N2O4. The number of aromatic nitrogens is 1. The number of ether oxygens (including phenoxy) is 1. The van der Waals surface area contributed by atoms with Gasteiger partial charge in [-0.05, 0) is 19.1 Å². The van der Waals surface area contributed by atoms with Crippen LogP contribution in [0.3, 0.4) is 0 Å². The topological polar surface area (TPSA) is 81.4 Å². The summed E-state index contributed by atoms with van der Waals surface area (Å²) in [7, 11) is 0. The number of carbonyl (C=O) groups excluding carboxylic acids is 2. The largest absolute Gasteiger partial charge is 0.452 e. The predicted octanol–water partition coefficient (Wildman–Crippen LogP) is 3.22. The highest BCUT2D eigenvalue weighted by Crippen LogP contribution is 2.28. The quantitative estimate of drug-likeness (QED) is 0.529. The second-order valence-electron chi connectivity index (χ2n) is 6.00. The number of terminal acetylenes is 1. The van der Waals surface area contributed by atoms with Crippen molar-refractivity contribution >= 4 is 11.9 Å². The van der Waals surface area contributed by atoms with Gasteiger partial charge in [-0.25, -0.2) is 9.78 Å². The molecule has 3 aromatic rings. The number of nitrogens with one attached hydrogen (secondary N) is 1. The Labute approximate surface area is 162 Å². The van der Waals surface area contributed by atoms with Crippen LogP contribution in [0, 0.1) is 19.3 Å². The molecule has 0 aliphatic carbocycles. The fourth-order valence-corrected chi connectivity index (χ4v) is 2.51. The second kappa shape index (κ2) is 8.69. The van der Waals surface area contributed by atoms with Gasteiger partial charge in [0, 0.05) is 5.56 Å². The maximum absolute atomic E-state index is 12.4. The lowest BCUT2D eigenvalue weighted by molar-refractivity contribution is -0.123. The molecule has 0 atom stereocenters. The molecule has 0 radical (unpaired) electrons. The first kappa shape index (κ1) is 18.9. The minimum Gasteiger partial charge on any atom is -0.452 e. The minimum atomic E-state index is -0.651. The fourth-order valence-electron chi connectivity index (χ4n) is 2.51. The van der Waals surface area contributed by atoms with Crippen LogP contribution in [0.5, 0.6) is 0 Å². The van der Waals surface area contributed by atoms with Gasteiger partial charge < -0.3 is 14.5 Å². The third kappa shape index (κ3) is 4.46. The molecule has 1 amide bonds. The van der Waals surface area contributed by atoms with E-state index in [1.54, 1.807) is 30.5 Å². The lowest BCUT2D eigenvalue weighted by Gasteiger charge is -2.07. The molecule has 1 aromatic heterocycles. The molecule has 0 aliphatic heterocycles. The average molecular weight is 374 g/mol. The molecule has 2 aromatic carbocycles. The van der Waals surface area contributed by atoms with Crippen LogP contribution in [0.2, 0.25) is 0 Å². The minimum absolute atomic E-state index is 0.0745. The van der Waals surface area contributed by atoms with E-state index in [1.807, 2.05) is 31.2 Å². The van der Waals surface area contributed by atoms with Gasteiger partial charge in [0.2, 0.25) is 5.89 Å². The summed E-state index contributed by atoms with van der Waals surface area (Å²) in [5.41, 5.74) is 2.76. The van der Waals surface area contributed by atoms with E-state index >= 15 is 0 Å². The van der Waals surface area contributed by atoms with E-state index in [4.69, 9.17) is 15.6 Å². The lowest BCUT2D eigenvalue weighted by atomic mass is 10.1. The van der Waals surface area contributed by atoms with Gasteiger partial charge in [0.1, 0.15) is 0 Å². The van der Waals surface area contributed by atoms with Gasteiger partial charge in [-0.3, -0.25) is 4.79 Å². The van der Waals surface area contributed by atoms with Crippen LogP contribution in [0.25, 0.3) is 22.8 Å². The Morgan fingerprint density at radius 2 is 1.93 bits per heavy atom. The van der Waals surface area contributed by atoms with Crippen molar-refractivity contribution in [2.45, 2.75) is 6.92 Å². The zero-order valence-corrected chi connectivity index (χ0v) is 15.3. The van der Waals surface area contributed by atoms with Gasteiger partial charge in [-0.1, -0.05) is 47.9 Å². The number of hydrogen-bond donors (Lipinski definition) is 1. The van der Waals surface area contributed by atoms with Crippen molar-refractivity contribution in [2.24, 2.45) is 0 Å². The molecule has 140 valence electrons. The molecule has 1 heterocycles. The molecule has 0 saturated heterocycles. The molecule has 6 heteroatoms. The van der Waals surface area contributed by atoms with Crippen LogP contribution in [0.4, 0.5) is 0 Å². The summed E-state index contributed by atoms with van der Waals surface area (Å²) in [4.78, 5) is 28.3. The first-order valence-corrected chi connectivity index (χ1v) is 8.58. The molecule has 6 nitrogen and oxygen atoms in total. The molecule has 0 bridgehead atoms. The smallest absolute Gasteiger partial charge is 0.339 e. The van der Waals surface area contributed by atoms with Crippen molar-refractivity contribution in [2.75, 3.05) is 13.2 Å². The van der Waals surface area contributed by atoms with Crippen LogP contribution >= 0.6 is 0 Å². The van der Waals surface area contributed by atoms with E-state index in [9.17, 15) is 9.59 Å². The van der Waals surface area contributed by atoms with Crippen LogP contribution in [-0.2, 0) is 9.53 Å². The number of esters is 1. The van der Waals surface area contributed by atoms with Gasteiger partial charge in [0.05, 0.1) is 23.9 Å². The molecule has 0 unspecified atom stereocenters. The SMILES string of the molecule is C#CCNC(=O)COC(=O)c1ccccc1-c1ncc(-c2ccc(C)cc2)o1. The Morgan fingerprint density at radius 3 is 2.68 bits per heavy atom. The Bertz CT molecular complexity index is 1030. The molecular weight excluding hydrogens is 356 g/mol. The Morgan fingerprint density at radius 1 is 1.18 bits per heavy atom.